The molecule has 4 heterocycles. The van der Waals surface area contributed by atoms with E-state index in [2.05, 4.69) is 56.0 Å². The minimum atomic E-state index is 1.08. The van der Waals surface area contributed by atoms with E-state index >= 15 is 0 Å². The number of hydrogen-bond acceptors (Lipinski definition) is 6. The van der Waals surface area contributed by atoms with Crippen LogP contribution < -0.4 is 30.3 Å². The van der Waals surface area contributed by atoms with Gasteiger partial charge in [0.25, 0.3) is 0 Å². The van der Waals surface area contributed by atoms with Crippen molar-refractivity contribution in [2.45, 2.75) is 51.4 Å². The average molecular weight is 507 g/mol. The highest BCUT2D eigenvalue weighted by Gasteiger charge is 2.34. The predicted octanol–water partition coefficient (Wildman–Crippen LogP) is 5.46. The smallest absolute Gasteiger partial charge is 0.115 e. The number of hydrogen-bond donors (Lipinski definition) is 0. The summed E-state index contributed by atoms with van der Waals surface area (Å²) in [6, 6.07) is 13.2. The van der Waals surface area contributed by atoms with Gasteiger partial charge in [-0.3, -0.25) is 0 Å². The number of fused-ring (bicyclic) bond motifs is 1. The first-order valence-corrected chi connectivity index (χ1v) is 15.1. The van der Waals surface area contributed by atoms with Crippen LogP contribution in [0, 0.1) is 0 Å². The maximum absolute atomic E-state index is 5.33. The Kier molecular flexibility index (Phi) is 5.48. The molecule has 0 spiro atoms. The zero-order chi connectivity index (χ0) is 25.1. The fourth-order valence-electron chi connectivity index (χ4n) is 7.20. The molecule has 4 aliphatic rings. The Hall–Kier alpha value is -3.28. The molecule has 196 valence electrons. The lowest BCUT2D eigenvalue weighted by atomic mass is 10.1. The van der Waals surface area contributed by atoms with Gasteiger partial charge >= 0.3 is 0 Å². The summed E-state index contributed by atoms with van der Waals surface area (Å²) in [5.41, 5.74) is 7.84. The Morgan fingerprint density at radius 2 is 0.684 bits per heavy atom. The Balaban J connectivity index is 1.20. The second kappa shape index (κ2) is 9.18. The van der Waals surface area contributed by atoms with Gasteiger partial charge in [0, 0.05) is 63.1 Å². The Morgan fingerprint density at radius 3 is 0.974 bits per heavy atom. The van der Waals surface area contributed by atoms with Crippen LogP contribution in [0.15, 0.2) is 46.4 Å². The van der Waals surface area contributed by atoms with Gasteiger partial charge in [0.1, 0.15) is 10.7 Å². The zero-order valence-electron chi connectivity index (χ0n) is 22.5. The van der Waals surface area contributed by atoms with E-state index in [0.29, 0.717) is 0 Å². The molecule has 0 saturated carbocycles. The molecule has 0 unspecified atom stereocenters. The fourth-order valence-corrected chi connectivity index (χ4v) is 7.20. The molecule has 0 radical (unpaired) electrons. The summed E-state index contributed by atoms with van der Waals surface area (Å²) in [5.74, 6) is 0. The molecule has 4 aliphatic heterocycles. The van der Waals surface area contributed by atoms with Crippen LogP contribution in [-0.4, -0.2) is 52.4 Å². The van der Waals surface area contributed by atoms with E-state index in [-0.39, 0.29) is 0 Å². The molecule has 0 N–H and O–H groups in total. The Labute approximate surface area is 225 Å². The van der Waals surface area contributed by atoms with Gasteiger partial charge in [-0.25, -0.2) is 9.98 Å². The highest BCUT2D eigenvalue weighted by Crippen LogP contribution is 2.41. The number of nitrogens with zero attached hydrogens (tertiary/aromatic N) is 6. The summed E-state index contributed by atoms with van der Waals surface area (Å²) >= 11 is 0. The molecule has 0 aromatic heterocycles. The molecule has 0 bridgehead atoms. The lowest BCUT2D eigenvalue weighted by Crippen LogP contribution is -2.18. The standard InChI is InChI=1S/C32H38N6/c1-2-16-35(15-1)29-27(30(29)36-17-3-4-18-36)33-25-13-9-12-24-23(25)11-10-14-26(24)34-28-31(37-19-5-6-20-37)32(28)38-21-7-8-22-38/h9-14H,1-8,15-22H2. The van der Waals surface area contributed by atoms with Gasteiger partial charge < -0.3 is 19.6 Å². The monoisotopic (exact) mass is 506 g/mol. The van der Waals surface area contributed by atoms with Crippen LogP contribution in [0.1, 0.15) is 51.4 Å². The van der Waals surface area contributed by atoms with Crippen molar-refractivity contribution in [3.05, 3.63) is 47.1 Å². The van der Waals surface area contributed by atoms with Gasteiger partial charge in [0.2, 0.25) is 0 Å². The van der Waals surface area contributed by atoms with Crippen LogP contribution in [0.5, 0.6) is 0 Å². The fraction of sp³-hybridized carbons (Fsp3) is 0.500. The van der Waals surface area contributed by atoms with Crippen molar-refractivity contribution in [3.8, 4) is 0 Å². The topological polar surface area (TPSA) is 37.7 Å². The van der Waals surface area contributed by atoms with E-state index in [1.54, 1.807) is 0 Å². The molecule has 0 amide bonds. The third-order valence-electron chi connectivity index (χ3n) is 9.25. The molecule has 4 saturated heterocycles. The van der Waals surface area contributed by atoms with Crippen molar-refractivity contribution in [1.29, 1.82) is 0 Å². The van der Waals surface area contributed by atoms with Gasteiger partial charge in [0.05, 0.1) is 34.1 Å². The SMILES string of the molecule is c1cc(N=c2c(N3CCCC3)c2N2CCCC2)c2cccc(N=c3c(N4CCCC4)c3N3CCCC3)c2c1. The van der Waals surface area contributed by atoms with Gasteiger partial charge in [-0.1, -0.05) is 24.3 Å². The summed E-state index contributed by atoms with van der Waals surface area (Å²) in [4.78, 5) is 21.0. The van der Waals surface area contributed by atoms with Crippen molar-refractivity contribution >= 4 is 44.9 Å². The summed E-state index contributed by atoms with van der Waals surface area (Å²) in [5, 5.41) is 4.88. The number of benzene rings is 2. The molecule has 38 heavy (non-hydrogen) atoms. The Morgan fingerprint density at radius 1 is 0.395 bits per heavy atom. The summed E-state index contributed by atoms with van der Waals surface area (Å²) in [6.07, 6.45) is 10.4. The number of rotatable bonds is 6. The Bertz CT molecular complexity index is 1330. The van der Waals surface area contributed by atoms with Gasteiger partial charge in [0.15, 0.2) is 0 Å². The van der Waals surface area contributed by atoms with Crippen LogP contribution >= 0.6 is 0 Å². The first kappa shape index (κ1) is 22.7. The molecular weight excluding hydrogens is 468 g/mol. The minimum absolute atomic E-state index is 1.08. The molecule has 4 aromatic rings. The molecule has 0 aliphatic carbocycles. The van der Waals surface area contributed by atoms with Crippen molar-refractivity contribution in [2.75, 3.05) is 72.0 Å². The van der Waals surface area contributed by atoms with E-state index in [1.807, 2.05) is 0 Å². The quantitative estimate of drug-likeness (QED) is 0.348. The van der Waals surface area contributed by atoms with Crippen LogP contribution in [0.25, 0.3) is 10.8 Å². The molecule has 0 atom stereocenters. The summed E-state index contributed by atoms with van der Waals surface area (Å²) < 4.78 is 0. The van der Waals surface area contributed by atoms with Crippen molar-refractivity contribution in [2.24, 2.45) is 9.98 Å². The van der Waals surface area contributed by atoms with E-state index in [4.69, 9.17) is 9.98 Å². The van der Waals surface area contributed by atoms with Crippen LogP contribution in [0.4, 0.5) is 34.1 Å². The van der Waals surface area contributed by atoms with Crippen molar-refractivity contribution in [3.63, 3.8) is 0 Å². The van der Waals surface area contributed by atoms with E-state index < -0.39 is 0 Å². The van der Waals surface area contributed by atoms with Gasteiger partial charge in [-0.2, -0.15) is 0 Å². The predicted molar refractivity (Wildman–Crippen MR) is 158 cm³/mol. The third-order valence-corrected chi connectivity index (χ3v) is 9.25. The molecule has 4 aromatic carbocycles. The number of anilines is 4. The van der Waals surface area contributed by atoms with E-state index in [9.17, 15) is 0 Å². The zero-order valence-corrected chi connectivity index (χ0v) is 22.5. The van der Waals surface area contributed by atoms with Crippen LogP contribution in [-0.2, 0) is 0 Å². The molecular formula is C32H38N6. The lowest BCUT2D eigenvalue weighted by Gasteiger charge is -2.15. The third kappa shape index (κ3) is 3.83. The minimum Gasteiger partial charge on any atom is -0.368 e. The van der Waals surface area contributed by atoms with Gasteiger partial charge in [-0.05, 0) is 63.5 Å². The highest BCUT2D eigenvalue weighted by molar-refractivity contribution is 6.00. The van der Waals surface area contributed by atoms with Gasteiger partial charge in [-0.15, -0.1) is 0 Å². The van der Waals surface area contributed by atoms with Crippen LogP contribution in [0.3, 0.4) is 0 Å². The average Bonchev–Trinajstić information content (AvgIpc) is 3.51. The summed E-state index contributed by atoms with van der Waals surface area (Å²) in [7, 11) is 0. The highest BCUT2D eigenvalue weighted by atomic mass is 15.3. The molecule has 4 fully saturated rings. The second-order valence-corrected chi connectivity index (χ2v) is 11.7. The normalized spacial score (nSPS) is 20.3. The van der Waals surface area contributed by atoms with Crippen molar-refractivity contribution < 1.29 is 0 Å². The molecule has 6 heteroatoms. The van der Waals surface area contributed by atoms with E-state index in [0.717, 1.165) is 11.4 Å². The maximum Gasteiger partial charge on any atom is 0.115 e. The first-order chi connectivity index (χ1) is 18.9. The molecule has 8 rings (SSSR count). The lowest BCUT2D eigenvalue weighted by molar-refractivity contribution is 0.949. The largest absolute Gasteiger partial charge is 0.368 e. The van der Waals surface area contributed by atoms with E-state index in [1.165, 1.54) is 148 Å². The first-order valence-electron chi connectivity index (χ1n) is 15.1. The maximum atomic E-state index is 5.33. The summed E-state index contributed by atoms with van der Waals surface area (Å²) in [6.45, 7) is 9.40. The van der Waals surface area contributed by atoms with Crippen molar-refractivity contribution in [1.82, 2.24) is 0 Å². The van der Waals surface area contributed by atoms with Crippen LogP contribution in [0.2, 0.25) is 0 Å². The molecule has 6 nitrogen and oxygen atoms in total. The second-order valence-electron chi connectivity index (χ2n) is 11.7.